The van der Waals surface area contributed by atoms with Crippen molar-refractivity contribution < 1.29 is 14.3 Å². The largest absolute Gasteiger partial charge is 0.497 e. The molecule has 0 saturated carbocycles. The number of Topliss-reactive ketones (excluding diaryl/α,β-unsaturated/α-hetero) is 1. The lowest BCUT2D eigenvalue weighted by molar-refractivity contribution is -0.114. The highest BCUT2D eigenvalue weighted by Crippen LogP contribution is 2.30. The van der Waals surface area contributed by atoms with Crippen LogP contribution in [-0.4, -0.2) is 37.4 Å². The van der Waals surface area contributed by atoms with Crippen molar-refractivity contribution in [1.29, 1.82) is 0 Å². The fourth-order valence-electron chi connectivity index (χ4n) is 3.81. The lowest BCUT2D eigenvalue weighted by atomic mass is 10.1. The molecule has 29 heavy (non-hydrogen) atoms. The molecule has 0 atom stereocenters. The molecule has 1 aliphatic rings. The fourth-order valence-corrected chi connectivity index (χ4v) is 3.81. The summed E-state index contributed by atoms with van der Waals surface area (Å²) in [7, 11) is 3.62. The Morgan fingerprint density at radius 1 is 0.931 bits per heavy atom. The van der Waals surface area contributed by atoms with Gasteiger partial charge in [0.25, 0.3) is 5.78 Å². The van der Waals surface area contributed by atoms with Gasteiger partial charge < -0.3 is 4.74 Å². The Balaban J connectivity index is 1.51. The van der Waals surface area contributed by atoms with Gasteiger partial charge in [0.05, 0.1) is 25.0 Å². The number of benzene rings is 3. The van der Waals surface area contributed by atoms with E-state index in [1.54, 1.807) is 12.0 Å². The van der Waals surface area contributed by atoms with Gasteiger partial charge in [-0.25, -0.2) is 0 Å². The topological polar surface area (TPSA) is 49.9 Å². The van der Waals surface area contributed by atoms with Crippen LogP contribution in [0.5, 0.6) is 5.75 Å². The predicted octanol–water partition coefficient (Wildman–Crippen LogP) is 4.03. The Bertz CT molecular complexity index is 1110. The van der Waals surface area contributed by atoms with Gasteiger partial charge in [0.2, 0.25) is 0 Å². The maximum absolute atomic E-state index is 12.5. The Hall–Kier alpha value is -3.18. The van der Waals surface area contributed by atoms with Crippen molar-refractivity contribution in [3.8, 4) is 5.75 Å². The summed E-state index contributed by atoms with van der Waals surface area (Å²) in [6, 6.07) is 18.0. The maximum Gasteiger partial charge on any atom is 0.300 e. The Morgan fingerprint density at radius 3 is 2.41 bits per heavy atom. The number of anilines is 1. The number of rotatable bonds is 6. The monoisotopic (exact) mass is 388 g/mol. The summed E-state index contributed by atoms with van der Waals surface area (Å²) in [6.45, 7) is 3.07. The first-order valence-electron chi connectivity index (χ1n) is 9.74. The molecule has 1 amide bonds. The quantitative estimate of drug-likeness (QED) is 0.598. The summed E-state index contributed by atoms with van der Waals surface area (Å²) in [5.41, 5.74) is 3.43. The number of fused-ring (bicyclic) bond motifs is 2. The minimum Gasteiger partial charge on any atom is -0.497 e. The zero-order chi connectivity index (χ0) is 20.5. The molecule has 4 rings (SSSR count). The minimum atomic E-state index is -0.453. The van der Waals surface area contributed by atoms with Crippen molar-refractivity contribution in [2.75, 3.05) is 25.7 Å². The van der Waals surface area contributed by atoms with Crippen LogP contribution in [-0.2, 0) is 17.8 Å². The third-order valence-corrected chi connectivity index (χ3v) is 5.39. The summed E-state index contributed by atoms with van der Waals surface area (Å²) in [6.07, 6.45) is 0.836. The number of ether oxygens (including phenoxy) is 1. The lowest BCUT2D eigenvalue weighted by Gasteiger charge is -2.24. The highest BCUT2D eigenvalue weighted by molar-refractivity contribution is 6.52. The zero-order valence-corrected chi connectivity index (χ0v) is 16.9. The van der Waals surface area contributed by atoms with E-state index >= 15 is 0 Å². The summed E-state index contributed by atoms with van der Waals surface area (Å²) >= 11 is 0. The van der Waals surface area contributed by atoms with Gasteiger partial charge >= 0.3 is 5.91 Å². The number of carbonyl (C=O) groups excluding carboxylic acids is 2. The van der Waals surface area contributed by atoms with Crippen LogP contribution in [0.2, 0.25) is 0 Å². The summed E-state index contributed by atoms with van der Waals surface area (Å²) in [5.74, 6) is -0.0291. The number of ketones is 1. The van der Waals surface area contributed by atoms with Crippen LogP contribution in [0.1, 0.15) is 28.4 Å². The predicted molar refractivity (Wildman–Crippen MR) is 114 cm³/mol. The molecule has 0 aromatic heterocycles. The van der Waals surface area contributed by atoms with Gasteiger partial charge in [-0.15, -0.1) is 0 Å². The number of nitrogens with zero attached hydrogens (tertiary/aromatic N) is 2. The molecular formula is C24H24N2O3. The average molecular weight is 388 g/mol. The van der Waals surface area contributed by atoms with E-state index in [2.05, 4.69) is 18.2 Å². The van der Waals surface area contributed by atoms with Crippen LogP contribution in [0.15, 0.2) is 54.6 Å². The van der Waals surface area contributed by atoms with Crippen LogP contribution in [0.25, 0.3) is 10.8 Å². The standard InChI is InChI=1S/C24H24N2O3/c1-4-16-6-10-22-21(12-16)23(27)24(28)26(22)15-25(2)14-17-5-7-19-13-20(29-3)9-8-18(19)11-17/h5-13H,4,14-15H2,1-3H3. The number of hydrogen-bond acceptors (Lipinski definition) is 4. The molecular weight excluding hydrogens is 364 g/mol. The molecule has 0 spiro atoms. The number of hydrogen-bond donors (Lipinski definition) is 0. The van der Waals surface area contributed by atoms with E-state index in [9.17, 15) is 9.59 Å². The van der Waals surface area contributed by atoms with E-state index in [0.29, 0.717) is 24.5 Å². The van der Waals surface area contributed by atoms with Crippen LogP contribution in [0.3, 0.4) is 0 Å². The van der Waals surface area contributed by atoms with Gasteiger partial charge in [-0.05, 0) is 65.7 Å². The first kappa shape index (κ1) is 19.2. The van der Waals surface area contributed by atoms with E-state index in [0.717, 1.165) is 34.1 Å². The van der Waals surface area contributed by atoms with E-state index in [4.69, 9.17) is 4.74 Å². The van der Waals surface area contributed by atoms with Crippen LogP contribution in [0.4, 0.5) is 5.69 Å². The second kappa shape index (κ2) is 7.68. The highest BCUT2D eigenvalue weighted by atomic mass is 16.5. The van der Waals surface area contributed by atoms with Crippen molar-refractivity contribution in [3.63, 3.8) is 0 Å². The van der Waals surface area contributed by atoms with Crippen molar-refractivity contribution in [2.24, 2.45) is 0 Å². The maximum atomic E-state index is 12.5. The van der Waals surface area contributed by atoms with Gasteiger partial charge in [0, 0.05) is 6.54 Å². The van der Waals surface area contributed by atoms with Gasteiger partial charge in [-0.3, -0.25) is 19.4 Å². The Kier molecular flexibility index (Phi) is 5.07. The zero-order valence-electron chi connectivity index (χ0n) is 16.9. The molecule has 3 aromatic carbocycles. The minimum absolute atomic E-state index is 0.365. The third-order valence-electron chi connectivity index (χ3n) is 5.39. The van der Waals surface area contributed by atoms with Crippen molar-refractivity contribution in [2.45, 2.75) is 19.9 Å². The summed E-state index contributed by atoms with van der Waals surface area (Å²) in [4.78, 5) is 28.5. The van der Waals surface area contributed by atoms with Crippen LogP contribution >= 0.6 is 0 Å². The summed E-state index contributed by atoms with van der Waals surface area (Å²) < 4.78 is 5.28. The fraction of sp³-hybridized carbons (Fsp3) is 0.250. The molecule has 0 saturated heterocycles. The van der Waals surface area contributed by atoms with Gasteiger partial charge in [0.15, 0.2) is 0 Å². The number of carbonyl (C=O) groups is 2. The molecule has 0 aliphatic carbocycles. The smallest absolute Gasteiger partial charge is 0.300 e. The van der Waals surface area contributed by atoms with Crippen LogP contribution < -0.4 is 9.64 Å². The Morgan fingerprint density at radius 2 is 1.66 bits per heavy atom. The lowest BCUT2D eigenvalue weighted by Crippen LogP contribution is -2.38. The third kappa shape index (κ3) is 3.61. The second-order valence-corrected chi connectivity index (χ2v) is 7.47. The number of amides is 1. The molecule has 3 aromatic rings. The molecule has 0 N–H and O–H groups in total. The van der Waals surface area contributed by atoms with Crippen molar-refractivity contribution in [1.82, 2.24) is 4.90 Å². The number of aryl methyl sites for hydroxylation is 1. The van der Waals surface area contributed by atoms with Gasteiger partial charge in [-0.1, -0.05) is 31.2 Å². The second-order valence-electron chi connectivity index (χ2n) is 7.47. The summed E-state index contributed by atoms with van der Waals surface area (Å²) in [5, 5.41) is 2.26. The molecule has 1 heterocycles. The van der Waals surface area contributed by atoms with E-state index < -0.39 is 11.7 Å². The SMILES string of the molecule is CCc1ccc2c(c1)C(=O)C(=O)N2CN(C)Cc1ccc2cc(OC)ccc2c1. The van der Waals surface area contributed by atoms with Crippen molar-refractivity contribution in [3.05, 3.63) is 71.3 Å². The van der Waals surface area contributed by atoms with Crippen LogP contribution in [0, 0.1) is 0 Å². The van der Waals surface area contributed by atoms with Crippen molar-refractivity contribution >= 4 is 28.2 Å². The molecule has 0 unspecified atom stereocenters. The van der Waals surface area contributed by atoms with Gasteiger partial charge in [0.1, 0.15) is 5.75 Å². The van der Waals surface area contributed by atoms with E-state index in [-0.39, 0.29) is 0 Å². The molecule has 0 bridgehead atoms. The molecule has 148 valence electrons. The van der Waals surface area contributed by atoms with E-state index in [1.807, 2.05) is 55.3 Å². The molecule has 1 aliphatic heterocycles. The Labute approximate surface area is 170 Å². The molecule has 5 heteroatoms. The first-order chi connectivity index (χ1) is 14.0. The molecule has 0 radical (unpaired) electrons. The normalized spacial score (nSPS) is 13.4. The average Bonchev–Trinajstić information content (AvgIpc) is 2.97. The molecule has 5 nitrogen and oxygen atoms in total. The molecule has 0 fully saturated rings. The number of methoxy groups -OCH3 is 1. The van der Waals surface area contributed by atoms with Gasteiger partial charge in [-0.2, -0.15) is 0 Å². The highest BCUT2D eigenvalue weighted by Gasteiger charge is 2.36. The first-order valence-corrected chi connectivity index (χ1v) is 9.74. The van der Waals surface area contributed by atoms with E-state index in [1.165, 1.54) is 0 Å².